The predicted octanol–water partition coefficient (Wildman–Crippen LogP) is 2.98. The first-order chi connectivity index (χ1) is 12.1. The van der Waals surface area contributed by atoms with Crippen molar-refractivity contribution in [1.82, 2.24) is 4.98 Å². The fourth-order valence-electron chi connectivity index (χ4n) is 2.46. The summed E-state index contributed by atoms with van der Waals surface area (Å²) in [6.07, 6.45) is 0.0482. The molecule has 0 aliphatic carbocycles. The van der Waals surface area contributed by atoms with E-state index in [2.05, 4.69) is 10.3 Å². The molecule has 3 rings (SSSR count). The monoisotopic (exact) mass is 355 g/mol. The second-order valence-corrected chi connectivity index (χ2v) is 6.23. The van der Waals surface area contributed by atoms with Gasteiger partial charge in [0.1, 0.15) is 5.75 Å². The van der Waals surface area contributed by atoms with Crippen LogP contribution in [0.1, 0.15) is 23.0 Å². The molecule has 0 spiro atoms. The van der Waals surface area contributed by atoms with Crippen molar-refractivity contribution in [1.29, 1.82) is 0 Å². The van der Waals surface area contributed by atoms with Crippen LogP contribution in [-0.2, 0) is 11.2 Å². The highest BCUT2D eigenvalue weighted by molar-refractivity contribution is 7.14. The summed E-state index contributed by atoms with van der Waals surface area (Å²) in [5.74, 6) is -0.252. The fourth-order valence-corrected chi connectivity index (χ4v) is 3.17. The molecule has 128 valence electrons. The van der Waals surface area contributed by atoms with E-state index in [1.54, 1.807) is 11.4 Å². The van der Waals surface area contributed by atoms with E-state index in [0.717, 1.165) is 10.8 Å². The van der Waals surface area contributed by atoms with Crippen LogP contribution in [0.25, 0.3) is 10.8 Å². The first-order valence-electron chi connectivity index (χ1n) is 7.76. The fraction of sp³-hybridized carbons (Fsp3) is 0.167. The Balaban J connectivity index is 1.88. The van der Waals surface area contributed by atoms with Gasteiger partial charge in [0.2, 0.25) is 5.91 Å². The molecule has 0 radical (unpaired) electrons. The van der Waals surface area contributed by atoms with Gasteiger partial charge >= 0.3 is 0 Å². The van der Waals surface area contributed by atoms with Gasteiger partial charge in [0.15, 0.2) is 5.13 Å². The molecule has 25 heavy (non-hydrogen) atoms. The van der Waals surface area contributed by atoms with Gasteiger partial charge in [0.25, 0.3) is 5.91 Å². The first kappa shape index (κ1) is 16.9. The number of anilines is 1. The van der Waals surface area contributed by atoms with Crippen molar-refractivity contribution < 1.29 is 14.3 Å². The third-order valence-corrected chi connectivity index (χ3v) is 4.33. The van der Waals surface area contributed by atoms with Crippen molar-refractivity contribution in [3.05, 3.63) is 53.0 Å². The third kappa shape index (κ3) is 3.95. The number of nitrogens with zero attached hydrogens (tertiary/aromatic N) is 1. The zero-order valence-corrected chi connectivity index (χ0v) is 14.4. The number of fused-ring (bicyclic) bond motifs is 1. The number of aromatic nitrogens is 1. The van der Waals surface area contributed by atoms with Crippen LogP contribution in [0.5, 0.6) is 5.75 Å². The van der Waals surface area contributed by atoms with Gasteiger partial charge in [0.05, 0.1) is 24.3 Å². The van der Waals surface area contributed by atoms with E-state index in [1.807, 2.05) is 37.3 Å². The summed E-state index contributed by atoms with van der Waals surface area (Å²) in [5, 5.41) is 6.81. The summed E-state index contributed by atoms with van der Waals surface area (Å²) < 4.78 is 5.62. The van der Waals surface area contributed by atoms with Crippen LogP contribution >= 0.6 is 11.3 Å². The van der Waals surface area contributed by atoms with Crippen molar-refractivity contribution in [3.63, 3.8) is 0 Å². The molecule has 0 aliphatic heterocycles. The zero-order valence-electron chi connectivity index (χ0n) is 13.6. The van der Waals surface area contributed by atoms with Crippen LogP contribution in [0, 0.1) is 0 Å². The van der Waals surface area contributed by atoms with E-state index in [1.165, 1.54) is 11.3 Å². The van der Waals surface area contributed by atoms with E-state index in [9.17, 15) is 9.59 Å². The lowest BCUT2D eigenvalue weighted by atomic mass is 10.1. The molecular formula is C18H17N3O3S. The van der Waals surface area contributed by atoms with Crippen LogP contribution < -0.4 is 15.8 Å². The Morgan fingerprint density at radius 2 is 1.96 bits per heavy atom. The molecule has 0 fully saturated rings. The number of nitrogens with two attached hydrogens (primary N) is 1. The Morgan fingerprint density at radius 3 is 2.64 bits per heavy atom. The number of hydrogen-bond donors (Lipinski definition) is 2. The number of carbonyl (C=O) groups is 2. The molecule has 1 heterocycles. The second-order valence-electron chi connectivity index (χ2n) is 5.37. The van der Waals surface area contributed by atoms with Gasteiger partial charge in [-0.25, -0.2) is 4.98 Å². The molecule has 7 heteroatoms. The number of ether oxygens (including phenoxy) is 1. The van der Waals surface area contributed by atoms with Crippen molar-refractivity contribution in [2.24, 2.45) is 5.73 Å². The molecule has 2 aromatic carbocycles. The molecule has 1 aromatic heterocycles. The number of primary amides is 1. The van der Waals surface area contributed by atoms with E-state index >= 15 is 0 Å². The lowest BCUT2D eigenvalue weighted by Crippen LogP contribution is -2.15. The van der Waals surface area contributed by atoms with Crippen molar-refractivity contribution in [3.8, 4) is 5.75 Å². The van der Waals surface area contributed by atoms with Gasteiger partial charge in [-0.3, -0.25) is 14.9 Å². The zero-order chi connectivity index (χ0) is 17.8. The van der Waals surface area contributed by atoms with Crippen molar-refractivity contribution in [2.45, 2.75) is 13.3 Å². The summed E-state index contributed by atoms with van der Waals surface area (Å²) in [6, 6.07) is 11.4. The van der Waals surface area contributed by atoms with Crippen LogP contribution in [0.3, 0.4) is 0 Å². The topological polar surface area (TPSA) is 94.3 Å². The molecule has 0 saturated carbocycles. The minimum absolute atomic E-state index is 0.0482. The van der Waals surface area contributed by atoms with Crippen LogP contribution in [0.4, 0.5) is 5.13 Å². The van der Waals surface area contributed by atoms with Gasteiger partial charge in [0, 0.05) is 5.38 Å². The van der Waals surface area contributed by atoms with Crippen LogP contribution in [0.2, 0.25) is 0 Å². The smallest absolute Gasteiger partial charge is 0.261 e. The Bertz CT molecular complexity index is 936. The standard InChI is InChI=1S/C18H17N3O3S/c1-2-24-15-8-12-6-4-3-5-11(12)7-14(15)17(23)21-18-20-13(10-25-18)9-16(19)22/h3-8,10H,2,9H2,1H3,(H2,19,22)(H,20,21,23). The first-order valence-corrected chi connectivity index (χ1v) is 8.64. The molecule has 6 nitrogen and oxygen atoms in total. The maximum absolute atomic E-state index is 12.7. The van der Waals surface area contributed by atoms with Crippen LogP contribution in [-0.4, -0.2) is 23.4 Å². The Labute approximate surface area is 148 Å². The summed E-state index contributed by atoms with van der Waals surface area (Å²) >= 11 is 1.25. The molecule has 0 atom stereocenters. The molecule has 0 bridgehead atoms. The van der Waals surface area contributed by atoms with E-state index in [4.69, 9.17) is 10.5 Å². The lowest BCUT2D eigenvalue weighted by Gasteiger charge is -2.11. The number of rotatable bonds is 6. The number of hydrogen-bond acceptors (Lipinski definition) is 5. The summed E-state index contributed by atoms with van der Waals surface area (Å²) in [5.41, 5.74) is 6.13. The Kier molecular flexibility index (Phi) is 4.95. The van der Waals surface area contributed by atoms with Gasteiger partial charge in [-0.1, -0.05) is 24.3 Å². The quantitative estimate of drug-likeness (QED) is 0.711. The lowest BCUT2D eigenvalue weighted by molar-refractivity contribution is -0.117. The highest BCUT2D eigenvalue weighted by Gasteiger charge is 2.16. The molecule has 0 aliphatic rings. The van der Waals surface area contributed by atoms with Crippen molar-refractivity contribution >= 4 is 39.1 Å². The second kappa shape index (κ2) is 7.31. The Hall–Kier alpha value is -2.93. The van der Waals surface area contributed by atoms with Gasteiger partial charge in [-0.2, -0.15) is 0 Å². The number of nitrogens with one attached hydrogen (secondary N) is 1. The average Bonchev–Trinajstić information content (AvgIpc) is 3.00. The van der Waals surface area contributed by atoms with Gasteiger partial charge in [-0.15, -0.1) is 11.3 Å². The number of carbonyl (C=O) groups excluding carboxylic acids is 2. The van der Waals surface area contributed by atoms with Crippen molar-refractivity contribution in [2.75, 3.05) is 11.9 Å². The largest absolute Gasteiger partial charge is 0.493 e. The molecular weight excluding hydrogens is 338 g/mol. The number of amides is 2. The maximum Gasteiger partial charge on any atom is 0.261 e. The predicted molar refractivity (Wildman–Crippen MR) is 98.1 cm³/mol. The molecule has 2 amide bonds. The minimum atomic E-state index is -0.462. The highest BCUT2D eigenvalue weighted by Crippen LogP contribution is 2.27. The molecule has 3 N–H and O–H groups in total. The summed E-state index contributed by atoms with van der Waals surface area (Å²) in [4.78, 5) is 27.8. The number of thiazole rings is 1. The summed E-state index contributed by atoms with van der Waals surface area (Å²) in [7, 11) is 0. The third-order valence-electron chi connectivity index (χ3n) is 3.52. The average molecular weight is 355 g/mol. The van der Waals surface area contributed by atoms with E-state index < -0.39 is 5.91 Å². The van der Waals surface area contributed by atoms with E-state index in [-0.39, 0.29) is 12.3 Å². The molecule has 0 unspecified atom stereocenters. The normalized spacial score (nSPS) is 10.6. The maximum atomic E-state index is 12.7. The Morgan fingerprint density at radius 1 is 1.24 bits per heavy atom. The summed E-state index contributed by atoms with van der Waals surface area (Å²) in [6.45, 7) is 2.33. The SMILES string of the molecule is CCOc1cc2ccccc2cc1C(=O)Nc1nc(CC(N)=O)cs1. The van der Waals surface area contributed by atoms with Crippen LogP contribution in [0.15, 0.2) is 41.8 Å². The molecule has 3 aromatic rings. The van der Waals surface area contributed by atoms with Gasteiger partial charge < -0.3 is 10.5 Å². The highest BCUT2D eigenvalue weighted by atomic mass is 32.1. The van der Waals surface area contributed by atoms with Gasteiger partial charge in [-0.05, 0) is 29.8 Å². The number of benzene rings is 2. The molecule has 0 saturated heterocycles. The van der Waals surface area contributed by atoms with E-state index in [0.29, 0.717) is 28.7 Å². The minimum Gasteiger partial charge on any atom is -0.493 e.